The Bertz CT molecular complexity index is 361. The highest BCUT2D eigenvalue weighted by molar-refractivity contribution is 5.16. The van der Waals surface area contributed by atoms with Crippen LogP contribution in [-0.2, 0) is 6.54 Å². The molecule has 1 unspecified atom stereocenters. The Balaban J connectivity index is 2.07. The SMILES string of the molecule is CC1(C)CC(O)CN1Cc1ccc(F)cc1. The maximum atomic E-state index is 12.8. The Morgan fingerprint density at radius 3 is 2.50 bits per heavy atom. The molecular weight excluding hydrogens is 205 g/mol. The third kappa shape index (κ3) is 2.42. The minimum absolute atomic E-state index is 0.0216. The number of aliphatic hydroxyl groups is 1. The van der Waals surface area contributed by atoms with E-state index >= 15 is 0 Å². The van der Waals surface area contributed by atoms with Crippen molar-refractivity contribution in [3.8, 4) is 0 Å². The van der Waals surface area contributed by atoms with Crippen LogP contribution in [0.5, 0.6) is 0 Å². The van der Waals surface area contributed by atoms with Crippen molar-refractivity contribution >= 4 is 0 Å². The van der Waals surface area contributed by atoms with Crippen LogP contribution < -0.4 is 0 Å². The fraction of sp³-hybridized carbons (Fsp3) is 0.538. The van der Waals surface area contributed by atoms with E-state index in [9.17, 15) is 9.50 Å². The Morgan fingerprint density at radius 1 is 1.38 bits per heavy atom. The Hall–Kier alpha value is -0.930. The van der Waals surface area contributed by atoms with Gasteiger partial charge in [-0.2, -0.15) is 0 Å². The molecule has 3 heteroatoms. The zero-order valence-corrected chi connectivity index (χ0v) is 9.78. The third-order valence-corrected chi connectivity index (χ3v) is 3.31. The molecule has 1 aliphatic rings. The lowest BCUT2D eigenvalue weighted by molar-refractivity contribution is 0.156. The van der Waals surface area contributed by atoms with Gasteiger partial charge in [-0.15, -0.1) is 0 Å². The summed E-state index contributed by atoms with van der Waals surface area (Å²) in [5, 5.41) is 9.66. The fourth-order valence-corrected chi connectivity index (χ4v) is 2.36. The largest absolute Gasteiger partial charge is 0.392 e. The summed E-state index contributed by atoms with van der Waals surface area (Å²) in [6.45, 7) is 5.73. The molecule has 2 nitrogen and oxygen atoms in total. The van der Waals surface area contributed by atoms with Gasteiger partial charge in [-0.25, -0.2) is 4.39 Å². The Labute approximate surface area is 95.7 Å². The molecule has 0 aromatic heterocycles. The number of likely N-dealkylation sites (tertiary alicyclic amines) is 1. The topological polar surface area (TPSA) is 23.5 Å². The molecule has 0 radical (unpaired) electrons. The van der Waals surface area contributed by atoms with Crippen molar-refractivity contribution in [1.82, 2.24) is 4.90 Å². The Kier molecular flexibility index (Phi) is 3.00. The van der Waals surface area contributed by atoms with E-state index in [4.69, 9.17) is 0 Å². The van der Waals surface area contributed by atoms with Gasteiger partial charge in [0.25, 0.3) is 0 Å². The molecule has 1 aliphatic heterocycles. The van der Waals surface area contributed by atoms with Crippen LogP contribution in [0.25, 0.3) is 0 Å². The maximum Gasteiger partial charge on any atom is 0.123 e. The van der Waals surface area contributed by atoms with E-state index in [1.165, 1.54) is 12.1 Å². The first-order valence-corrected chi connectivity index (χ1v) is 5.65. The van der Waals surface area contributed by atoms with Crippen LogP contribution in [-0.4, -0.2) is 28.2 Å². The van der Waals surface area contributed by atoms with Gasteiger partial charge in [0, 0.05) is 18.6 Å². The quantitative estimate of drug-likeness (QED) is 0.830. The van der Waals surface area contributed by atoms with Gasteiger partial charge in [-0.05, 0) is 38.0 Å². The molecule has 2 rings (SSSR count). The van der Waals surface area contributed by atoms with Crippen molar-refractivity contribution in [2.45, 2.75) is 38.5 Å². The van der Waals surface area contributed by atoms with Gasteiger partial charge in [-0.1, -0.05) is 12.1 Å². The summed E-state index contributed by atoms with van der Waals surface area (Å²) in [5.41, 5.74) is 1.11. The van der Waals surface area contributed by atoms with Crippen molar-refractivity contribution in [2.24, 2.45) is 0 Å². The monoisotopic (exact) mass is 223 g/mol. The third-order valence-electron chi connectivity index (χ3n) is 3.31. The van der Waals surface area contributed by atoms with Gasteiger partial charge in [0.2, 0.25) is 0 Å². The predicted molar refractivity (Wildman–Crippen MR) is 61.5 cm³/mol. The first kappa shape index (κ1) is 11.6. The molecule has 88 valence electrons. The van der Waals surface area contributed by atoms with Gasteiger partial charge >= 0.3 is 0 Å². The van der Waals surface area contributed by atoms with Gasteiger partial charge in [-0.3, -0.25) is 4.90 Å². The van der Waals surface area contributed by atoms with E-state index in [1.54, 1.807) is 12.1 Å². The molecule has 16 heavy (non-hydrogen) atoms. The van der Waals surface area contributed by atoms with Crippen molar-refractivity contribution in [3.63, 3.8) is 0 Å². The van der Waals surface area contributed by atoms with Gasteiger partial charge in [0.15, 0.2) is 0 Å². The van der Waals surface area contributed by atoms with Gasteiger partial charge in [0.1, 0.15) is 5.82 Å². The number of aliphatic hydroxyl groups excluding tert-OH is 1. The highest BCUT2D eigenvalue weighted by Crippen LogP contribution is 2.30. The van der Waals surface area contributed by atoms with Crippen LogP contribution in [0.3, 0.4) is 0 Å². The highest BCUT2D eigenvalue weighted by atomic mass is 19.1. The molecule has 0 spiro atoms. The normalized spacial score (nSPS) is 24.9. The van der Waals surface area contributed by atoms with Crippen LogP contribution in [0.1, 0.15) is 25.8 Å². The van der Waals surface area contributed by atoms with E-state index < -0.39 is 0 Å². The molecule has 0 aliphatic carbocycles. The molecule has 1 N–H and O–H groups in total. The lowest BCUT2D eigenvalue weighted by Gasteiger charge is -2.31. The second kappa shape index (κ2) is 4.15. The summed E-state index contributed by atoms with van der Waals surface area (Å²) in [6, 6.07) is 6.57. The first-order chi connectivity index (χ1) is 7.47. The highest BCUT2D eigenvalue weighted by Gasteiger charge is 2.37. The molecule has 1 aromatic rings. The molecule has 1 fully saturated rings. The molecule has 0 amide bonds. The molecular formula is C13H18FNO. The second-order valence-corrected chi connectivity index (χ2v) is 5.18. The predicted octanol–water partition coefficient (Wildman–Crippen LogP) is 2.17. The number of rotatable bonds is 2. The Morgan fingerprint density at radius 2 is 2.00 bits per heavy atom. The number of hydrogen-bond donors (Lipinski definition) is 1. The molecule has 1 atom stereocenters. The van der Waals surface area contributed by atoms with Crippen LogP contribution in [0.4, 0.5) is 4.39 Å². The smallest absolute Gasteiger partial charge is 0.123 e. The summed E-state index contributed by atoms with van der Waals surface area (Å²) in [7, 11) is 0. The standard InChI is InChI=1S/C13H18FNO/c1-13(2)7-12(16)9-15(13)8-10-3-5-11(14)6-4-10/h3-6,12,16H,7-9H2,1-2H3. The fourth-order valence-electron chi connectivity index (χ4n) is 2.36. The van der Waals surface area contributed by atoms with Crippen LogP contribution in [0, 0.1) is 5.82 Å². The number of hydrogen-bond acceptors (Lipinski definition) is 2. The van der Waals surface area contributed by atoms with Gasteiger partial charge < -0.3 is 5.11 Å². The van der Waals surface area contributed by atoms with Crippen LogP contribution in [0.15, 0.2) is 24.3 Å². The lowest BCUT2D eigenvalue weighted by Crippen LogP contribution is -2.37. The summed E-state index contributed by atoms with van der Waals surface area (Å²) >= 11 is 0. The summed E-state index contributed by atoms with van der Waals surface area (Å²) in [5.74, 6) is -0.204. The minimum Gasteiger partial charge on any atom is -0.392 e. The zero-order valence-electron chi connectivity index (χ0n) is 9.78. The summed E-state index contributed by atoms with van der Waals surface area (Å²) in [4.78, 5) is 2.24. The average Bonchev–Trinajstić information content (AvgIpc) is 2.43. The lowest BCUT2D eigenvalue weighted by atomic mass is 10.0. The number of β-amino-alcohol motifs (C(OH)–C–C–N with tert-alkyl or cyclic N) is 1. The van der Waals surface area contributed by atoms with E-state index in [2.05, 4.69) is 18.7 Å². The van der Waals surface area contributed by atoms with Crippen LogP contribution in [0.2, 0.25) is 0 Å². The minimum atomic E-state index is -0.240. The summed E-state index contributed by atoms with van der Waals surface area (Å²) < 4.78 is 12.8. The first-order valence-electron chi connectivity index (χ1n) is 5.65. The van der Waals surface area contributed by atoms with Crippen molar-refractivity contribution in [1.29, 1.82) is 0 Å². The molecule has 1 heterocycles. The van der Waals surface area contributed by atoms with E-state index in [1.807, 2.05) is 0 Å². The average molecular weight is 223 g/mol. The second-order valence-electron chi connectivity index (χ2n) is 5.18. The molecule has 0 saturated carbocycles. The summed E-state index contributed by atoms with van der Waals surface area (Å²) in [6.07, 6.45) is 0.559. The van der Waals surface area contributed by atoms with Crippen molar-refractivity contribution in [3.05, 3.63) is 35.6 Å². The molecule has 1 saturated heterocycles. The van der Waals surface area contributed by atoms with Gasteiger partial charge in [0.05, 0.1) is 6.10 Å². The van der Waals surface area contributed by atoms with E-state index in [0.717, 1.165) is 18.5 Å². The number of halogens is 1. The zero-order chi connectivity index (χ0) is 11.8. The van der Waals surface area contributed by atoms with Crippen molar-refractivity contribution < 1.29 is 9.50 Å². The van der Waals surface area contributed by atoms with E-state index in [-0.39, 0.29) is 17.5 Å². The number of nitrogens with zero attached hydrogens (tertiary/aromatic N) is 1. The molecule has 1 aromatic carbocycles. The van der Waals surface area contributed by atoms with Crippen molar-refractivity contribution in [2.75, 3.05) is 6.54 Å². The maximum absolute atomic E-state index is 12.8. The van der Waals surface area contributed by atoms with E-state index in [0.29, 0.717) is 6.54 Å². The van der Waals surface area contributed by atoms with Crippen LogP contribution >= 0.6 is 0 Å². The molecule has 0 bridgehead atoms. The number of benzene rings is 1.